The van der Waals surface area contributed by atoms with Gasteiger partial charge in [-0.1, -0.05) is 72.2 Å². The summed E-state index contributed by atoms with van der Waals surface area (Å²) in [5.41, 5.74) is 1.57. The highest BCUT2D eigenvalue weighted by Gasteiger charge is 2.52. The summed E-state index contributed by atoms with van der Waals surface area (Å²) in [6.07, 6.45) is 6.98. The monoisotopic (exact) mass is 358 g/mol. The van der Waals surface area contributed by atoms with Crippen molar-refractivity contribution in [3.63, 3.8) is 0 Å². The van der Waals surface area contributed by atoms with Gasteiger partial charge < -0.3 is 4.43 Å². The number of benzene rings is 1. The molecule has 1 aliphatic carbocycles. The summed E-state index contributed by atoms with van der Waals surface area (Å²) < 4.78 is 7.39. The first-order chi connectivity index (χ1) is 11.7. The third-order valence-electron chi connectivity index (χ3n) is 6.95. The SMILES string of the molecule is CC(C)[C@@H]1CC[C@@H](C)C[C@H]1O[Si@]1(C(C)(C)C)CCCc2ccccc21. The lowest BCUT2D eigenvalue weighted by molar-refractivity contribution is 0.0353. The number of rotatable bonds is 3. The number of hydrogen-bond acceptors (Lipinski definition) is 1. The molecule has 0 spiro atoms. The molecule has 25 heavy (non-hydrogen) atoms. The summed E-state index contributed by atoms with van der Waals surface area (Å²) in [7, 11) is -2.01. The number of aryl methyl sites for hydroxylation is 1. The molecule has 140 valence electrons. The number of fused-ring (bicyclic) bond motifs is 1. The lowest BCUT2D eigenvalue weighted by Gasteiger charge is -2.50. The van der Waals surface area contributed by atoms with Gasteiger partial charge in [0.2, 0.25) is 8.32 Å². The minimum atomic E-state index is -2.01. The third kappa shape index (κ3) is 3.62. The molecule has 0 N–H and O–H groups in total. The Labute approximate surface area is 156 Å². The van der Waals surface area contributed by atoms with E-state index >= 15 is 0 Å². The maximum absolute atomic E-state index is 7.39. The highest BCUT2D eigenvalue weighted by atomic mass is 28.4. The van der Waals surface area contributed by atoms with Crippen LogP contribution < -0.4 is 5.19 Å². The number of hydrogen-bond donors (Lipinski definition) is 0. The van der Waals surface area contributed by atoms with E-state index in [0.717, 1.165) is 17.8 Å². The van der Waals surface area contributed by atoms with Crippen LogP contribution in [0, 0.1) is 17.8 Å². The first kappa shape index (κ1) is 19.2. The maximum Gasteiger partial charge on any atom is 0.230 e. The Hall–Kier alpha value is -0.603. The fourth-order valence-electron chi connectivity index (χ4n) is 5.38. The van der Waals surface area contributed by atoms with Crippen molar-refractivity contribution in [2.24, 2.45) is 17.8 Å². The van der Waals surface area contributed by atoms with Gasteiger partial charge in [-0.2, -0.15) is 0 Å². The minimum Gasteiger partial charge on any atom is -0.409 e. The molecular weight excluding hydrogens is 320 g/mol. The van der Waals surface area contributed by atoms with Crippen molar-refractivity contribution < 1.29 is 4.43 Å². The van der Waals surface area contributed by atoms with Crippen LogP contribution in [-0.2, 0) is 10.8 Å². The zero-order chi connectivity index (χ0) is 18.2. The largest absolute Gasteiger partial charge is 0.409 e. The van der Waals surface area contributed by atoms with E-state index in [1.165, 1.54) is 38.1 Å². The van der Waals surface area contributed by atoms with E-state index in [0.29, 0.717) is 6.10 Å². The van der Waals surface area contributed by atoms with Gasteiger partial charge in [-0.15, -0.1) is 0 Å². The van der Waals surface area contributed by atoms with Crippen LogP contribution >= 0.6 is 0 Å². The molecule has 0 unspecified atom stereocenters. The zero-order valence-electron chi connectivity index (χ0n) is 17.3. The molecule has 4 atom stereocenters. The summed E-state index contributed by atoms with van der Waals surface area (Å²) >= 11 is 0. The second-order valence-corrected chi connectivity index (χ2v) is 14.5. The zero-order valence-corrected chi connectivity index (χ0v) is 18.3. The van der Waals surface area contributed by atoms with Crippen molar-refractivity contribution in [2.75, 3.05) is 0 Å². The Kier molecular flexibility index (Phi) is 5.51. The van der Waals surface area contributed by atoms with Crippen molar-refractivity contribution in [1.29, 1.82) is 0 Å². The molecular formula is C23H38OSi. The van der Waals surface area contributed by atoms with Crippen LogP contribution in [0.15, 0.2) is 24.3 Å². The fraction of sp³-hybridized carbons (Fsp3) is 0.739. The summed E-state index contributed by atoms with van der Waals surface area (Å²) in [5.74, 6) is 2.27. The normalized spacial score (nSPS) is 33.3. The van der Waals surface area contributed by atoms with E-state index in [2.05, 4.69) is 65.8 Å². The van der Waals surface area contributed by atoms with Crippen molar-refractivity contribution in [1.82, 2.24) is 0 Å². The van der Waals surface area contributed by atoms with Gasteiger partial charge in [0.05, 0.1) is 0 Å². The predicted octanol–water partition coefficient (Wildman–Crippen LogP) is 6.06. The Bertz CT molecular complexity index is 588. The average molecular weight is 359 g/mol. The molecule has 1 aromatic carbocycles. The van der Waals surface area contributed by atoms with E-state index < -0.39 is 8.32 Å². The second-order valence-electron chi connectivity index (χ2n) is 10.1. The van der Waals surface area contributed by atoms with Gasteiger partial charge in [0.15, 0.2) is 0 Å². The van der Waals surface area contributed by atoms with Crippen LogP contribution in [0.25, 0.3) is 0 Å². The summed E-state index contributed by atoms with van der Waals surface area (Å²) in [4.78, 5) is 0. The van der Waals surface area contributed by atoms with Crippen LogP contribution in [0.2, 0.25) is 11.1 Å². The molecule has 1 nitrogen and oxygen atoms in total. The molecule has 1 aromatic rings. The molecule has 0 radical (unpaired) electrons. The van der Waals surface area contributed by atoms with Crippen LogP contribution in [0.1, 0.15) is 72.8 Å². The van der Waals surface area contributed by atoms with Gasteiger partial charge >= 0.3 is 0 Å². The Morgan fingerprint density at radius 2 is 1.84 bits per heavy atom. The molecule has 0 aromatic heterocycles. The fourth-order valence-corrected chi connectivity index (χ4v) is 10.4. The van der Waals surface area contributed by atoms with E-state index in [1.807, 2.05) is 0 Å². The van der Waals surface area contributed by atoms with Gasteiger partial charge in [-0.05, 0) is 65.3 Å². The average Bonchev–Trinajstić information content (AvgIpc) is 2.54. The van der Waals surface area contributed by atoms with Crippen LogP contribution in [0.3, 0.4) is 0 Å². The highest BCUT2D eigenvalue weighted by Crippen LogP contribution is 2.46. The van der Waals surface area contributed by atoms with Crippen molar-refractivity contribution in [3.05, 3.63) is 29.8 Å². The lowest BCUT2D eigenvalue weighted by atomic mass is 9.75. The van der Waals surface area contributed by atoms with Crippen LogP contribution in [-0.4, -0.2) is 14.4 Å². The first-order valence-electron chi connectivity index (χ1n) is 10.5. The van der Waals surface area contributed by atoms with E-state index in [-0.39, 0.29) is 5.04 Å². The van der Waals surface area contributed by atoms with Crippen molar-refractivity contribution in [3.8, 4) is 0 Å². The maximum atomic E-state index is 7.39. The minimum absolute atomic E-state index is 0.242. The van der Waals surface area contributed by atoms with Crippen molar-refractivity contribution in [2.45, 2.75) is 90.8 Å². The van der Waals surface area contributed by atoms with E-state index in [1.54, 1.807) is 10.8 Å². The smallest absolute Gasteiger partial charge is 0.230 e. The van der Waals surface area contributed by atoms with Gasteiger partial charge in [-0.25, -0.2) is 0 Å². The molecule has 2 aliphatic rings. The molecule has 1 heterocycles. The standard InChI is InChI=1S/C23H38OSi/c1-17(2)20-14-13-18(3)16-21(20)24-25(23(4,5)6)15-9-11-19-10-7-8-12-22(19)25/h7-8,10,12,17-18,20-21H,9,11,13-16H2,1-6H3/t18-,20+,21-,25-/m1/s1. The third-order valence-corrected chi connectivity index (χ3v) is 12.5. The molecule has 0 amide bonds. The summed E-state index contributed by atoms with van der Waals surface area (Å²) in [6.45, 7) is 14.6. The molecule has 1 aliphatic heterocycles. The summed E-state index contributed by atoms with van der Waals surface area (Å²) in [5, 5.41) is 1.85. The van der Waals surface area contributed by atoms with Gasteiger partial charge in [0.1, 0.15) is 0 Å². The van der Waals surface area contributed by atoms with Gasteiger partial charge in [-0.3, -0.25) is 0 Å². The predicted molar refractivity (Wildman–Crippen MR) is 111 cm³/mol. The first-order valence-corrected chi connectivity index (χ1v) is 12.6. The molecule has 3 rings (SSSR count). The van der Waals surface area contributed by atoms with Crippen LogP contribution in [0.5, 0.6) is 0 Å². The quantitative estimate of drug-likeness (QED) is 0.596. The van der Waals surface area contributed by atoms with Gasteiger partial charge in [0.25, 0.3) is 0 Å². The Balaban J connectivity index is 2.00. The van der Waals surface area contributed by atoms with Crippen LogP contribution in [0.4, 0.5) is 0 Å². The highest BCUT2D eigenvalue weighted by molar-refractivity contribution is 6.89. The lowest BCUT2D eigenvalue weighted by Crippen LogP contribution is -2.63. The molecule has 1 saturated carbocycles. The van der Waals surface area contributed by atoms with Gasteiger partial charge in [0, 0.05) is 6.10 Å². The topological polar surface area (TPSA) is 9.23 Å². The van der Waals surface area contributed by atoms with E-state index in [9.17, 15) is 0 Å². The molecule has 0 bridgehead atoms. The molecule has 0 saturated heterocycles. The molecule has 1 fully saturated rings. The second kappa shape index (κ2) is 7.19. The Morgan fingerprint density at radius 1 is 1.12 bits per heavy atom. The summed E-state index contributed by atoms with van der Waals surface area (Å²) in [6, 6.07) is 10.5. The molecule has 2 heteroatoms. The van der Waals surface area contributed by atoms with Crippen molar-refractivity contribution >= 4 is 13.5 Å². The van der Waals surface area contributed by atoms with E-state index in [4.69, 9.17) is 4.43 Å². The Morgan fingerprint density at radius 3 is 2.52 bits per heavy atom.